The summed E-state index contributed by atoms with van der Waals surface area (Å²) in [6.07, 6.45) is 7.08. The highest BCUT2D eigenvalue weighted by Gasteiger charge is 2.17. The maximum atomic E-state index is 5.56. The summed E-state index contributed by atoms with van der Waals surface area (Å²) >= 11 is 0. The molecular formula is C10H14O. The summed E-state index contributed by atoms with van der Waals surface area (Å²) in [5.41, 5.74) is 3.03. The van der Waals surface area contributed by atoms with Crippen molar-refractivity contribution in [1.82, 2.24) is 0 Å². The molecule has 1 nitrogen and oxygen atoms in total. The first-order chi connectivity index (χ1) is 5.38. The van der Waals surface area contributed by atoms with Crippen molar-refractivity contribution in [2.24, 2.45) is 0 Å². The molecule has 0 N–H and O–H groups in total. The van der Waals surface area contributed by atoms with Crippen molar-refractivity contribution in [3.63, 3.8) is 0 Å². The second-order valence-corrected chi connectivity index (χ2v) is 3.32. The molecule has 0 unspecified atom stereocenters. The zero-order valence-electron chi connectivity index (χ0n) is 7.02. The quantitative estimate of drug-likeness (QED) is 0.516. The smallest absolute Gasteiger partial charge is 0.118 e. The molecule has 0 amide bonds. The topological polar surface area (TPSA) is 9.23 Å². The van der Waals surface area contributed by atoms with Gasteiger partial charge in [0.25, 0.3) is 0 Å². The Labute approximate surface area is 67.7 Å². The standard InChI is InChI=1S/C10H14O/c1-8-4-2-6-10-9(8)5-3-7-11-10/h6H,2-5,7H2,1H3. The third-order valence-electron chi connectivity index (χ3n) is 2.49. The predicted octanol–water partition coefficient (Wildman–Crippen LogP) is 2.79. The Bertz CT molecular complexity index is 223. The van der Waals surface area contributed by atoms with E-state index in [1.165, 1.54) is 37.0 Å². The van der Waals surface area contributed by atoms with E-state index >= 15 is 0 Å². The lowest BCUT2D eigenvalue weighted by Gasteiger charge is -2.24. The monoisotopic (exact) mass is 150 g/mol. The van der Waals surface area contributed by atoms with Gasteiger partial charge in [-0.15, -0.1) is 0 Å². The van der Waals surface area contributed by atoms with Gasteiger partial charge in [-0.1, -0.05) is 5.57 Å². The summed E-state index contributed by atoms with van der Waals surface area (Å²) in [5.74, 6) is 1.18. The second kappa shape index (κ2) is 2.72. The Balaban J connectivity index is 2.29. The second-order valence-electron chi connectivity index (χ2n) is 3.32. The maximum absolute atomic E-state index is 5.56. The van der Waals surface area contributed by atoms with Gasteiger partial charge in [-0.05, 0) is 44.3 Å². The normalized spacial score (nSPS) is 23.9. The van der Waals surface area contributed by atoms with Crippen molar-refractivity contribution in [2.75, 3.05) is 6.61 Å². The van der Waals surface area contributed by atoms with Crippen LogP contribution in [0.3, 0.4) is 0 Å². The summed E-state index contributed by atoms with van der Waals surface area (Å²) in [4.78, 5) is 0. The predicted molar refractivity (Wildman–Crippen MR) is 45.2 cm³/mol. The zero-order chi connectivity index (χ0) is 7.68. The van der Waals surface area contributed by atoms with E-state index in [-0.39, 0.29) is 0 Å². The van der Waals surface area contributed by atoms with Gasteiger partial charge in [0.2, 0.25) is 0 Å². The fourth-order valence-electron chi connectivity index (χ4n) is 1.82. The third-order valence-corrected chi connectivity index (χ3v) is 2.49. The Morgan fingerprint density at radius 1 is 1.36 bits per heavy atom. The van der Waals surface area contributed by atoms with E-state index in [1.54, 1.807) is 5.57 Å². The van der Waals surface area contributed by atoms with E-state index in [4.69, 9.17) is 4.74 Å². The minimum Gasteiger partial charge on any atom is -0.494 e. The van der Waals surface area contributed by atoms with Crippen LogP contribution in [0.25, 0.3) is 0 Å². The van der Waals surface area contributed by atoms with Gasteiger partial charge in [0, 0.05) is 0 Å². The summed E-state index contributed by atoms with van der Waals surface area (Å²) in [7, 11) is 0. The van der Waals surface area contributed by atoms with Crippen LogP contribution in [0.1, 0.15) is 32.6 Å². The number of allylic oxidation sites excluding steroid dienone is 3. The van der Waals surface area contributed by atoms with Crippen molar-refractivity contribution in [3.05, 3.63) is 23.0 Å². The van der Waals surface area contributed by atoms with Crippen LogP contribution in [0.4, 0.5) is 0 Å². The molecule has 1 aliphatic carbocycles. The molecule has 1 heteroatoms. The van der Waals surface area contributed by atoms with E-state index in [1.807, 2.05) is 0 Å². The van der Waals surface area contributed by atoms with E-state index in [0.29, 0.717) is 0 Å². The van der Waals surface area contributed by atoms with Gasteiger partial charge >= 0.3 is 0 Å². The lowest BCUT2D eigenvalue weighted by Crippen LogP contribution is -2.10. The summed E-state index contributed by atoms with van der Waals surface area (Å²) in [6.45, 7) is 3.15. The number of rotatable bonds is 0. The SMILES string of the molecule is CC1=C2CCCOC2=CCC1. The van der Waals surface area contributed by atoms with Crippen molar-refractivity contribution in [2.45, 2.75) is 32.6 Å². The molecular weight excluding hydrogens is 136 g/mol. The minimum absolute atomic E-state index is 0.919. The molecule has 0 spiro atoms. The number of ether oxygens (including phenoxy) is 1. The highest BCUT2D eigenvalue weighted by atomic mass is 16.5. The van der Waals surface area contributed by atoms with Crippen LogP contribution in [0.15, 0.2) is 23.0 Å². The van der Waals surface area contributed by atoms with Crippen molar-refractivity contribution < 1.29 is 4.74 Å². The first-order valence-corrected chi connectivity index (χ1v) is 4.40. The van der Waals surface area contributed by atoms with Crippen LogP contribution in [0.5, 0.6) is 0 Å². The van der Waals surface area contributed by atoms with E-state index in [0.717, 1.165) is 6.61 Å². The van der Waals surface area contributed by atoms with Crippen LogP contribution in [0.2, 0.25) is 0 Å². The minimum atomic E-state index is 0.919. The summed E-state index contributed by atoms with van der Waals surface area (Å²) in [6, 6.07) is 0. The first kappa shape index (κ1) is 6.96. The van der Waals surface area contributed by atoms with Gasteiger partial charge in [-0.3, -0.25) is 0 Å². The molecule has 0 atom stereocenters. The lowest BCUT2D eigenvalue weighted by molar-refractivity contribution is 0.190. The van der Waals surface area contributed by atoms with Crippen LogP contribution in [-0.2, 0) is 4.74 Å². The summed E-state index contributed by atoms with van der Waals surface area (Å²) in [5, 5.41) is 0. The molecule has 0 aromatic carbocycles. The highest BCUT2D eigenvalue weighted by molar-refractivity contribution is 5.34. The van der Waals surface area contributed by atoms with E-state index in [2.05, 4.69) is 13.0 Å². The average Bonchev–Trinajstić information content (AvgIpc) is 2.06. The van der Waals surface area contributed by atoms with Crippen LogP contribution in [-0.4, -0.2) is 6.61 Å². The molecule has 0 aromatic rings. The fraction of sp³-hybridized carbons (Fsp3) is 0.600. The van der Waals surface area contributed by atoms with Crippen LogP contribution >= 0.6 is 0 Å². The largest absolute Gasteiger partial charge is 0.494 e. The number of hydrogen-bond donors (Lipinski definition) is 0. The van der Waals surface area contributed by atoms with Gasteiger partial charge < -0.3 is 4.74 Å². The maximum Gasteiger partial charge on any atom is 0.118 e. The molecule has 1 saturated heterocycles. The zero-order valence-corrected chi connectivity index (χ0v) is 7.02. The van der Waals surface area contributed by atoms with E-state index in [9.17, 15) is 0 Å². The molecule has 1 fully saturated rings. The molecule has 0 aromatic heterocycles. The lowest BCUT2D eigenvalue weighted by atomic mass is 9.93. The van der Waals surface area contributed by atoms with Gasteiger partial charge in [0.05, 0.1) is 6.61 Å². The van der Waals surface area contributed by atoms with E-state index < -0.39 is 0 Å². The molecule has 0 saturated carbocycles. The molecule has 60 valence electrons. The fourth-order valence-corrected chi connectivity index (χ4v) is 1.82. The molecule has 2 aliphatic rings. The molecule has 1 aliphatic heterocycles. The molecule has 1 heterocycles. The number of hydrogen-bond acceptors (Lipinski definition) is 1. The third kappa shape index (κ3) is 1.20. The molecule has 11 heavy (non-hydrogen) atoms. The number of fused-ring (bicyclic) bond motifs is 1. The highest BCUT2D eigenvalue weighted by Crippen LogP contribution is 2.32. The molecule has 0 bridgehead atoms. The first-order valence-electron chi connectivity index (χ1n) is 4.40. The Kier molecular flexibility index (Phi) is 1.72. The Morgan fingerprint density at radius 3 is 3.09 bits per heavy atom. The Morgan fingerprint density at radius 2 is 2.27 bits per heavy atom. The van der Waals surface area contributed by atoms with Crippen molar-refractivity contribution in [3.8, 4) is 0 Å². The van der Waals surface area contributed by atoms with Gasteiger partial charge in [0.1, 0.15) is 5.76 Å². The average molecular weight is 150 g/mol. The van der Waals surface area contributed by atoms with Crippen LogP contribution in [0, 0.1) is 0 Å². The van der Waals surface area contributed by atoms with Crippen molar-refractivity contribution >= 4 is 0 Å². The van der Waals surface area contributed by atoms with Gasteiger partial charge in [0.15, 0.2) is 0 Å². The molecule has 2 rings (SSSR count). The van der Waals surface area contributed by atoms with Gasteiger partial charge in [-0.25, -0.2) is 0 Å². The van der Waals surface area contributed by atoms with Crippen LogP contribution < -0.4 is 0 Å². The molecule has 0 radical (unpaired) electrons. The summed E-state index contributed by atoms with van der Waals surface area (Å²) < 4.78 is 5.56. The van der Waals surface area contributed by atoms with Gasteiger partial charge in [-0.2, -0.15) is 0 Å². The van der Waals surface area contributed by atoms with Crippen molar-refractivity contribution in [1.29, 1.82) is 0 Å². The Hall–Kier alpha value is -0.720.